The zero-order chi connectivity index (χ0) is 21.6. The molecule has 0 saturated heterocycles. The van der Waals surface area contributed by atoms with Gasteiger partial charge in [0.25, 0.3) is 0 Å². The minimum Gasteiger partial charge on any atom is -0.741 e. The molecule has 0 radical (unpaired) electrons. The Hall–Kier alpha value is 0.290. The second kappa shape index (κ2) is 15.2. The molecule has 170 valence electrons. The Kier molecular flexibility index (Phi) is 14.3. The van der Waals surface area contributed by atoms with Crippen LogP contribution in [-0.4, -0.2) is 82.8 Å². The van der Waals surface area contributed by atoms with Gasteiger partial charge >= 0.3 is 5.51 Å². The zero-order valence-corrected chi connectivity index (χ0v) is 19.3. The van der Waals surface area contributed by atoms with Gasteiger partial charge in [0, 0.05) is 11.5 Å². The third-order valence-electron chi connectivity index (χ3n) is 2.80. The zero-order valence-electron chi connectivity index (χ0n) is 15.2. The molecule has 7 nitrogen and oxygen atoms in total. The molecule has 1 aliphatic heterocycles. The smallest absolute Gasteiger partial charge is 0.485 e. The van der Waals surface area contributed by atoms with Crippen LogP contribution in [-0.2, 0) is 29.1 Å². The molecule has 0 amide bonds. The van der Waals surface area contributed by atoms with Gasteiger partial charge in [0.1, 0.15) is 0 Å². The van der Waals surface area contributed by atoms with E-state index < -0.39 is 15.6 Å². The molecular formula is C14H21F3O7S5. The molecular weight excluding hydrogens is 497 g/mol. The van der Waals surface area contributed by atoms with Crippen molar-refractivity contribution in [1.82, 2.24) is 0 Å². The average Bonchev–Trinajstić information content (AvgIpc) is 3.07. The summed E-state index contributed by atoms with van der Waals surface area (Å²) in [6, 6.07) is 0. The minimum atomic E-state index is -6.09. The van der Waals surface area contributed by atoms with Crippen molar-refractivity contribution >= 4 is 56.3 Å². The Morgan fingerprint density at radius 3 is 1.72 bits per heavy atom. The average molecular weight is 519 g/mol. The number of alkyl halides is 3. The van der Waals surface area contributed by atoms with Gasteiger partial charge in [-0.2, -0.15) is 13.2 Å². The topological polar surface area (TPSA) is 94.1 Å². The molecule has 0 spiro atoms. The van der Waals surface area contributed by atoms with E-state index >= 15 is 0 Å². The summed E-state index contributed by atoms with van der Waals surface area (Å²) >= 11 is 7.39. The van der Waals surface area contributed by atoms with Crippen molar-refractivity contribution in [3.8, 4) is 0 Å². The fourth-order valence-electron chi connectivity index (χ4n) is 1.54. The molecule has 0 N–H and O–H groups in total. The molecule has 2 heterocycles. The first kappa shape index (κ1) is 27.3. The Balaban J connectivity index is 0.000000447. The molecule has 1 aliphatic rings. The Labute approximate surface area is 184 Å². The highest BCUT2D eigenvalue weighted by molar-refractivity contribution is 8.05. The van der Waals surface area contributed by atoms with Crippen molar-refractivity contribution in [2.24, 2.45) is 0 Å². The van der Waals surface area contributed by atoms with Crippen molar-refractivity contribution in [3.63, 3.8) is 0 Å². The van der Waals surface area contributed by atoms with E-state index in [4.69, 9.17) is 31.9 Å². The van der Waals surface area contributed by atoms with E-state index in [1.807, 2.05) is 46.2 Å². The van der Waals surface area contributed by atoms with Crippen LogP contribution in [0.4, 0.5) is 13.2 Å². The first-order valence-corrected chi connectivity index (χ1v) is 13.3. The summed E-state index contributed by atoms with van der Waals surface area (Å²) in [5.74, 6) is 1.97. The third-order valence-corrected chi connectivity index (χ3v) is 8.45. The summed E-state index contributed by atoms with van der Waals surface area (Å²) in [6.45, 7) is 5.33. The molecule has 0 saturated carbocycles. The molecule has 1 aromatic rings. The van der Waals surface area contributed by atoms with Crippen LogP contribution >= 0.6 is 46.2 Å². The highest BCUT2D eigenvalue weighted by Crippen LogP contribution is 2.39. The van der Waals surface area contributed by atoms with Crippen molar-refractivity contribution in [2.75, 3.05) is 64.4 Å². The second-order valence-electron chi connectivity index (χ2n) is 4.95. The SMILES string of the molecule is O=S(=O)([O-])C(F)(F)F.c1sc2c([s+]1)SCCOCCOCCOCCOCCS2. The van der Waals surface area contributed by atoms with E-state index in [2.05, 4.69) is 4.69 Å². The van der Waals surface area contributed by atoms with Crippen LogP contribution in [0.2, 0.25) is 0 Å². The number of halogens is 3. The minimum absolute atomic E-state index is 0.619. The van der Waals surface area contributed by atoms with Gasteiger partial charge < -0.3 is 23.5 Å². The largest absolute Gasteiger partial charge is 0.741 e. The standard InChI is InChI=1S/C13H21O4S4.CHF3O3S/c1-2-15-4-6-17-8-10-19-13-12(20-11-21-13)18-9-7-16-5-3-14-1;2-1(3,4)8(5,6)7/h11H,1-10H2;(H,5,6,7)/q+1;/p-1. The predicted octanol–water partition coefficient (Wildman–Crippen LogP) is 3.41. The lowest BCUT2D eigenvalue weighted by molar-refractivity contribution is -0.0517. The van der Waals surface area contributed by atoms with Gasteiger partial charge in [0.2, 0.25) is 13.1 Å². The summed E-state index contributed by atoms with van der Waals surface area (Å²) in [7, 11) is -6.09. The number of rotatable bonds is 0. The summed E-state index contributed by atoms with van der Waals surface area (Å²) in [5, 5.41) is 0. The molecule has 0 aliphatic carbocycles. The number of hydrogen-bond donors (Lipinski definition) is 0. The molecule has 15 heteroatoms. The number of fused-ring (bicyclic) bond motifs is 1. The highest BCUT2D eigenvalue weighted by Gasteiger charge is 2.36. The quantitative estimate of drug-likeness (QED) is 0.291. The van der Waals surface area contributed by atoms with E-state index in [-0.39, 0.29) is 0 Å². The molecule has 0 bridgehead atoms. The van der Waals surface area contributed by atoms with E-state index in [0.29, 0.717) is 39.6 Å². The summed E-state index contributed by atoms with van der Waals surface area (Å²) in [5.41, 5.74) is -5.65. The van der Waals surface area contributed by atoms with Crippen LogP contribution in [0.1, 0.15) is 0 Å². The Bertz CT molecular complexity index is 622. The molecule has 0 fully saturated rings. The van der Waals surface area contributed by atoms with E-state index in [0.717, 1.165) is 24.7 Å². The molecule has 0 unspecified atom stereocenters. The van der Waals surface area contributed by atoms with Crippen LogP contribution in [0.25, 0.3) is 0 Å². The van der Waals surface area contributed by atoms with Gasteiger partial charge in [-0.1, -0.05) is 23.5 Å². The maximum absolute atomic E-state index is 10.7. The van der Waals surface area contributed by atoms with Gasteiger partial charge in [0.15, 0.2) is 10.1 Å². The predicted molar refractivity (Wildman–Crippen MR) is 107 cm³/mol. The fourth-order valence-corrected chi connectivity index (χ4v) is 6.67. The van der Waals surface area contributed by atoms with Gasteiger partial charge in [-0.3, -0.25) is 0 Å². The third kappa shape index (κ3) is 13.3. The van der Waals surface area contributed by atoms with Crippen LogP contribution in [0.3, 0.4) is 0 Å². The Morgan fingerprint density at radius 2 is 1.28 bits per heavy atom. The lowest BCUT2D eigenvalue weighted by atomic mass is 10.7. The van der Waals surface area contributed by atoms with Crippen molar-refractivity contribution in [2.45, 2.75) is 13.9 Å². The van der Waals surface area contributed by atoms with Gasteiger partial charge in [-0.25, -0.2) is 8.42 Å². The van der Waals surface area contributed by atoms with Crippen molar-refractivity contribution < 1.29 is 45.1 Å². The first-order valence-electron chi connectivity index (χ1n) is 8.20. The molecule has 1 aromatic heterocycles. The second-order valence-corrected chi connectivity index (χ2v) is 11.1. The maximum atomic E-state index is 10.7. The normalized spacial score (nSPS) is 19.2. The van der Waals surface area contributed by atoms with Crippen molar-refractivity contribution in [1.29, 1.82) is 0 Å². The van der Waals surface area contributed by atoms with Crippen molar-refractivity contribution in [3.05, 3.63) is 4.69 Å². The highest BCUT2D eigenvalue weighted by atomic mass is 32.2. The van der Waals surface area contributed by atoms with Crippen LogP contribution in [0.5, 0.6) is 0 Å². The van der Waals surface area contributed by atoms with E-state index in [1.54, 1.807) is 0 Å². The first-order chi connectivity index (χ1) is 13.7. The van der Waals surface area contributed by atoms with Crippen LogP contribution < -0.4 is 0 Å². The van der Waals surface area contributed by atoms with Crippen LogP contribution in [0, 0.1) is 0 Å². The number of ether oxygens (including phenoxy) is 4. The van der Waals surface area contributed by atoms with Gasteiger partial charge in [-0.05, 0) is 0 Å². The van der Waals surface area contributed by atoms with Gasteiger partial charge in [0.05, 0.1) is 75.5 Å². The lowest BCUT2D eigenvalue weighted by Crippen LogP contribution is -2.21. The molecule has 2 rings (SSSR count). The van der Waals surface area contributed by atoms with Gasteiger partial charge in [-0.15, -0.1) is 0 Å². The summed E-state index contributed by atoms with van der Waals surface area (Å²) in [6.07, 6.45) is 0. The monoisotopic (exact) mass is 518 g/mol. The summed E-state index contributed by atoms with van der Waals surface area (Å²) < 4.78 is 85.9. The molecule has 0 atom stereocenters. The number of thioether (sulfide) groups is 2. The molecule has 29 heavy (non-hydrogen) atoms. The fraction of sp³-hybridized carbons (Fsp3) is 0.786. The number of hydrogen-bond acceptors (Lipinski definition) is 10. The maximum Gasteiger partial charge on any atom is 0.485 e. The van der Waals surface area contributed by atoms with E-state index in [1.165, 1.54) is 8.42 Å². The molecule has 0 aromatic carbocycles. The Morgan fingerprint density at radius 1 is 0.862 bits per heavy atom. The summed E-state index contributed by atoms with van der Waals surface area (Å²) in [4.78, 5) is 0. The van der Waals surface area contributed by atoms with E-state index in [9.17, 15) is 13.2 Å². The van der Waals surface area contributed by atoms with Crippen LogP contribution in [0.15, 0.2) is 13.1 Å². The lowest BCUT2D eigenvalue weighted by Gasteiger charge is -2.08.